The second kappa shape index (κ2) is 13.3. The molecule has 2 atom stereocenters. The number of hydrogen-bond acceptors (Lipinski definition) is 4. The van der Waals surface area contributed by atoms with Crippen molar-refractivity contribution in [2.24, 2.45) is 0 Å². The Kier molecular flexibility index (Phi) is 14.9. The maximum atomic E-state index is 8.94. The summed E-state index contributed by atoms with van der Waals surface area (Å²) >= 11 is 0. The van der Waals surface area contributed by atoms with Crippen LogP contribution >= 0.6 is 0 Å². The first-order valence-corrected chi connectivity index (χ1v) is 7.21. The molecule has 0 aromatic carbocycles. The monoisotopic (exact) mass is 262 g/mol. The maximum Gasteiger partial charge on any atom is 0.0639 e. The van der Waals surface area contributed by atoms with Crippen LogP contribution in [0.5, 0.6) is 0 Å². The molecule has 0 saturated heterocycles. The molecule has 2 unspecified atom stereocenters. The zero-order valence-corrected chi connectivity index (χ0v) is 13.2. The second-order valence-electron chi connectivity index (χ2n) is 4.67. The normalized spacial score (nSPS) is 14.3. The first kappa shape index (κ1) is 20.2. The first-order valence-electron chi connectivity index (χ1n) is 7.21. The van der Waals surface area contributed by atoms with Crippen LogP contribution in [0.4, 0.5) is 0 Å². The van der Waals surface area contributed by atoms with E-state index in [0.29, 0.717) is 0 Å². The van der Waals surface area contributed by atoms with Crippen molar-refractivity contribution < 1.29 is 10.2 Å². The number of rotatable bonds is 8. The summed E-state index contributed by atoms with van der Waals surface area (Å²) in [6.45, 7) is 17.8. The van der Waals surface area contributed by atoms with E-state index in [-0.39, 0.29) is 12.2 Å². The summed E-state index contributed by atoms with van der Waals surface area (Å²) in [5.74, 6) is 0. The zero-order chi connectivity index (χ0) is 14.6. The van der Waals surface area contributed by atoms with Gasteiger partial charge in [0.1, 0.15) is 0 Å². The Morgan fingerprint density at radius 1 is 0.667 bits per heavy atom. The van der Waals surface area contributed by atoms with Crippen molar-refractivity contribution in [2.45, 2.75) is 53.8 Å². The number of nitrogens with zero attached hydrogens (tertiary/aromatic N) is 2. The molecular weight excluding hydrogens is 228 g/mol. The fraction of sp³-hybridized carbons (Fsp3) is 1.00. The van der Waals surface area contributed by atoms with E-state index in [0.717, 1.165) is 39.3 Å². The highest BCUT2D eigenvalue weighted by atomic mass is 16.3. The van der Waals surface area contributed by atoms with Gasteiger partial charge in [0.05, 0.1) is 12.2 Å². The van der Waals surface area contributed by atoms with Crippen LogP contribution in [0.15, 0.2) is 0 Å². The van der Waals surface area contributed by atoms with Gasteiger partial charge in [-0.3, -0.25) is 0 Å². The van der Waals surface area contributed by atoms with Crippen molar-refractivity contribution >= 4 is 0 Å². The minimum Gasteiger partial charge on any atom is -0.392 e. The summed E-state index contributed by atoms with van der Waals surface area (Å²) in [6, 6.07) is 0. The van der Waals surface area contributed by atoms with Crippen LogP contribution in [0.2, 0.25) is 0 Å². The number of aliphatic hydroxyl groups excluding tert-OH is 2. The van der Waals surface area contributed by atoms with E-state index >= 15 is 0 Å². The zero-order valence-electron chi connectivity index (χ0n) is 13.2. The lowest BCUT2D eigenvalue weighted by Crippen LogP contribution is -2.30. The van der Waals surface area contributed by atoms with Crippen molar-refractivity contribution in [3.05, 3.63) is 0 Å². The molecule has 112 valence electrons. The molecule has 0 aliphatic rings. The average Bonchev–Trinajstić information content (AvgIpc) is 2.33. The van der Waals surface area contributed by atoms with E-state index in [1.807, 2.05) is 13.8 Å². The Morgan fingerprint density at radius 2 is 0.889 bits per heavy atom. The fourth-order valence-corrected chi connectivity index (χ4v) is 1.71. The molecule has 0 spiro atoms. The Morgan fingerprint density at radius 3 is 0.944 bits per heavy atom. The lowest BCUT2D eigenvalue weighted by atomic mass is 10.3. The Balaban J connectivity index is 0. The van der Waals surface area contributed by atoms with Gasteiger partial charge in [0.25, 0.3) is 0 Å². The second-order valence-corrected chi connectivity index (χ2v) is 4.67. The van der Waals surface area contributed by atoms with Crippen LogP contribution in [0, 0.1) is 0 Å². The Labute approximate surface area is 114 Å². The van der Waals surface area contributed by atoms with Crippen LogP contribution in [0.1, 0.15) is 41.5 Å². The lowest BCUT2D eigenvalue weighted by molar-refractivity contribution is 0.133. The topological polar surface area (TPSA) is 46.9 Å². The SMILES string of the molecule is CCN(CC)CC(C)O.CCN(CC)CC(C)O. The van der Waals surface area contributed by atoms with Gasteiger partial charge >= 0.3 is 0 Å². The van der Waals surface area contributed by atoms with E-state index in [4.69, 9.17) is 10.2 Å². The molecule has 18 heavy (non-hydrogen) atoms. The third-order valence-electron chi connectivity index (χ3n) is 2.83. The predicted octanol–water partition coefficient (Wildman–Crippen LogP) is 1.42. The summed E-state index contributed by atoms with van der Waals surface area (Å²) < 4.78 is 0. The molecule has 0 aromatic rings. The Bertz CT molecular complexity index is 138. The van der Waals surface area contributed by atoms with E-state index < -0.39 is 0 Å². The largest absolute Gasteiger partial charge is 0.392 e. The lowest BCUT2D eigenvalue weighted by Gasteiger charge is -2.18. The van der Waals surface area contributed by atoms with Gasteiger partial charge in [0.2, 0.25) is 0 Å². The van der Waals surface area contributed by atoms with Crippen LogP contribution in [-0.4, -0.2) is 71.5 Å². The molecule has 0 aliphatic heterocycles. The van der Waals surface area contributed by atoms with Crippen molar-refractivity contribution in [1.29, 1.82) is 0 Å². The third kappa shape index (κ3) is 13.9. The van der Waals surface area contributed by atoms with Crippen LogP contribution < -0.4 is 0 Å². The minimum absolute atomic E-state index is 0.190. The van der Waals surface area contributed by atoms with E-state index in [2.05, 4.69) is 37.5 Å². The molecule has 4 nitrogen and oxygen atoms in total. The highest BCUT2D eigenvalue weighted by Crippen LogP contribution is 1.90. The predicted molar refractivity (Wildman–Crippen MR) is 78.9 cm³/mol. The summed E-state index contributed by atoms with van der Waals surface area (Å²) in [5.41, 5.74) is 0. The standard InChI is InChI=1S/2C7H17NO/c2*1-4-8(5-2)6-7(3)9/h2*7,9H,4-6H2,1-3H3. The van der Waals surface area contributed by atoms with Crippen LogP contribution in [-0.2, 0) is 0 Å². The van der Waals surface area contributed by atoms with Crippen molar-refractivity contribution in [3.63, 3.8) is 0 Å². The number of hydrogen-bond donors (Lipinski definition) is 2. The maximum absolute atomic E-state index is 8.94. The molecule has 2 N–H and O–H groups in total. The molecule has 4 heteroatoms. The van der Waals surface area contributed by atoms with Gasteiger partial charge in [-0.2, -0.15) is 0 Å². The number of aliphatic hydroxyl groups is 2. The molecular formula is C14H34N2O2. The van der Waals surface area contributed by atoms with Gasteiger partial charge in [-0.15, -0.1) is 0 Å². The highest BCUT2D eigenvalue weighted by Gasteiger charge is 2.02. The van der Waals surface area contributed by atoms with Gasteiger partial charge in [0.15, 0.2) is 0 Å². The average molecular weight is 262 g/mol. The molecule has 0 saturated carbocycles. The summed E-state index contributed by atoms with van der Waals surface area (Å²) in [7, 11) is 0. The van der Waals surface area contributed by atoms with Gasteiger partial charge in [-0.25, -0.2) is 0 Å². The van der Waals surface area contributed by atoms with Gasteiger partial charge < -0.3 is 20.0 Å². The molecule has 0 amide bonds. The van der Waals surface area contributed by atoms with Crippen LogP contribution in [0.25, 0.3) is 0 Å². The third-order valence-corrected chi connectivity index (χ3v) is 2.83. The van der Waals surface area contributed by atoms with E-state index in [9.17, 15) is 0 Å². The molecule has 0 bridgehead atoms. The molecule has 0 fully saturated rings. The number of likely N-dealkylation sites (N-methyl/N-ethyl adjacent to an activating group) is 2. The molecule has 0 heterocycles. The van der Waals surface area contributed by atoms with Crippen LogP contribution in [0.3, 0.4) is 0 Å². The summed E-state index contributed by atoms with van der Waals surface area (Å²) in [5, 5.41) is 17.9. The molecule has 0 aromatic heterocycles. The molecule has 0 aliphatic carbocycles. The van der Waals surface area contributed by atoms with E-state index in [1.165, 1.54) is 0 Å². The van der Waals surface area contributed by atoms with Crippen molar-refractivity contribution in [3.8, 4) is 0 Å². The van der Waals surface area contributed by atoms with Gasteiger partial charge in [0, 0.05) is 13.1 Å². The summed E-state index contributed by atoms with van der Waals surface area (Å²) in [6.07, 6.45) is -0.380. The van der Waals surface area contributed by atoms with Gasteiger partial charge in [-0.05, 0) is 40.0 Å². The highest BCUT2D eigenvalue weighted by molar-refractivity contribution is 4.56. The van der Waals surface area contributed by atoms with Crippen molar-refractivity contribution in [1.82, 2.24) is 9.80 Å². The van der Waals surface area contributed by atoms with Crippen molar-refractivity contribution in [2.75, 3.05) is 39.3 Å². The van der Waals surface area contributed by atoms with E-state index in [1.54, 1.807) is 0 Å². The summed E-state index contributed by atoms with van der Waals surface area (Å²) in [4.78, 5) is 4.40. The fourth-order valence-electron chi connectivity index (χ4n) is 1.71. The smallest absolute Gasteiger partial charge is 0.0639 e. The minimum atomic E-state index is -0.190. The molecule has 0 rings (SSSR count). The molecule has 0 radical (unpaired) electrons. The quantitative estimate of drug-likeness (QED) is 0.694. The Hall–Kier alpha value is -0.160. The first-order chi connectivity index (χ1) is 8.40. The van der Waals surface area contributed by atoms with Gasteiger partial charge in [-0.1, -0.05) is 27.7 Å².